The minimum Gasteiger partial charge on any atom is -0.360 e. The van der Waals surface area contributed by atoms with Crippen molar-refractivity contribution >= 4 is 17.7 Å². The highest BCUT2D eigenvalue weighted by Crippen LogP contribution is 2.38. The molecule has 1 aromatic heterocycles. The lowest BCUT2D eigenvalue weighted by molar-refractivity contribution is 0.0736. The van der Waals surface area contributed by atoms with Gasteiger partial charge in [-0.2, -0.15) is 11.8 Å². The summed E-state index contributed by atoms with van der Waals surface area (Å²) in [6.07, 6.45) is 5.36. The molecule has 2 unspecified atom stereocenters. The minimum atomic E-state index is 0.106. The zero-order valence-corrected chi connectivity index (χ0v) is 11.0. The van der Waals surface area contributed by atoms with Crippen molar-refractivity contribution in [3.05, 3.63) is 17.0 Å². The van der Waals surface area contributed by atoms with Crippen molar-refractivity contribution in [2.75, 3.05) is 12.3 Å². The number of likely N-dealkylation sites (tertiary alicyclic amines) is 1. The van der Waals surface area contributed by atoms with Gasteiger partial charge in [0.05, 0.1) is 0 Å². The van der Waals surface area contributed by atoms with Crippen LogP contribution in [0.3, 0.4) is 0 Å². The second-order valence-corrected chi connectivity index (χ2v) is 6.78. The standard InChI is InChI=1S/C13H16N2O2S/c16-13(15-6-9-5-8(15)7-18-9)12-10-3-1-2-4-11(10)17-14-12/h8-9H,1-7H2. The van der Waals surface area contributed by atoms with Gasteiger partial charge in [0.1, 0.15) is 5.76 Å². The van der Waals surface area contributed by atoms with E-state index in [4.69, 9.17) is 4.52 Å². The predicted octanol–water partition coefficient (Wildman–Crippen LogP) is 1.88. The van der Waals surface area contributed by atoms with Gasteiger partial charge in [-0.15, -0.1) is 0 Å². The predicted molar refractivity (Wildman–Crippen MR) is 68.8 cm³/mol. The number of fused-ring (bicyclic) bond motifs is 3. The van der Waals surface area contributed by atoms with Gasteiger partial charge in [0.15, 0.2) is 5.69 Å². The Labute approximate surface area is 110 Å². The van der Waals surface area contributed by atoms with Crippen LogP contribution in [0.5, 0.6) is 0 Å². The first-order valence-corrected chi connectivity index (χ1v) is 7.78. The number of carbonyl (C=O) groups excluding carboxylic acids is 1. The van der Waals surface area contributed by atoms with E-state index >= 15 is 0 Å². The van der Waals surface area contributed by atoms with Gasteiger partial charge >= 0.3 is 0 Å². The highest BCUT2D eigenvalue weighted by Gasteiger charge is 2.42. The summed E-state index contributed by atoms with van der Waals surface area (Å²) in [4.78, 5) is 14.6. The molecule has 4 nitrogen and oxygen atoms in total. The smallest absolute Gasteiger partial charge is 0.276 e. The second kappa shape index (κ2) is 4.02. The number of aryl methyl sites for hydroxylation is 1. The van der Waals surface area contributed by atoms with Crippen molar-refractivity contribution in [3.8, 4) is 0 Å². The number of carbonyl (C=O) groups is 1. The molecule has 1 aliphatic carbocycles. The quantitative estimate of drug-likeness (QED) is 0.777. The zero-order chi connectivity index (χ0) is 12.1. The first-order valence-electron chi connectivity index (χ1n) is 6.73. The van der Waals surface area contributed by atoms with Crippen molar-refractivity contribution < 1.29 is 9.32 Å². The monoisotopic (exact) mass is 264 g/mol. The first-order chi connectivity index (χ1) is 8.83. The molecule has 2 bridgehead atoms. The maximum atomic E-state index is 12.6. The lowest BCUT2D eigenvalue weighted by Gasteiger charge is -2.26. The van der Waals surface area contributed by atoms with Crippen molar-refractivity contribution in [2.45, 2.75) is 43.4 Å². The highest BCUT2D eigenvalue weighted by atomic mass is 32.2. The molecule has 3 aliphatic rings. The van der Waals surface area contributed by atoms with Crippen LogP contribution in [0.4, 0.5) is 0 Å². The average molecular weight is 264 g/mol. The molecule has 4 rings (SSSR count). The Hall–Kier alpha value is -0.970. The molecule has 1 aromatic rings. The molecule has 96 valence electrons. The Balaban J connectivity index is 1.63. The normalized spacial score (nSPS) is 29.7. The van der Waals surface area contributed by atoms with E-state index in [9.17, 15) is 4.79 Å². The van der Waals surface area contributed by atoms with Crippen LogP contribution in [0.1, 0.15) is 41.1 Å². The fourth-order valence-corrected chi connectivity index (χ4v) is 4.77. The Bertz CT molecular complexity index is 499. The SMILES string of the molecule is O=C(c1noc2c1CCCC2)N1CC2CC1CS2. The molecular weight excluding hydrogens is 248 g/mol. The largest absolute Gasteiger partial charge is 0.360 e. The number of hydrogen-bond acceptors (Lipinski definition) is 4. The molecule has 2 fully saturated rings. The van der Waals surface area contributed by atoms with Crippen molar-refractivity contribution in [1.82, 2.24) is 10.1 Å². The molecular formula is C13H16N2O2S. The minimum absolute atomic E-state index is 0.106. The summed E-state index contributed by atoms with van der Waals surface area (Å²) in [5, 5.41) is 4.71. The van der Waals surface area contributed by atoms with E-state index in [1.165, 1.54) is 0 Å². The van der Waals surface area contributed by atoms with Gasteiger partial charge in [-0.3, -0.25) is 4.79 Å². The van der Waals surface area contributed by atoms with Crippen molar-refractivity contribution in [2.24, 2.45) is 0 Å². The van der Waals surface area contributed by atoms with Crippen LogP contribution in [-0.4, -0.2) is 39.6 Å². The third-order valence-corrected chi connectivity index (χ3v) is 5.70. The molecule has 1 amide bonds. The summed E-state index contributed by atoms with van der Waals surface area (Å²) in [7, 11) is 0. The van der Waals surface area contributed by atoms with Crippen LogP contribution in [0, 0.1) is 0 Å². The topological polar surface area (TPSA) is 46.3 Å². The van der Waals surface area contributed by atoms with E-state index in [0.29, 0.717) is 17.0 Å². The third kappa shape index (κ3) is 1.53. The maximum Gasteiger partial charge on any atom is 0.276 e. The summed E-state index contributed by atoms with van der Waals surface area (Å²) in [5.41, 5.74) is 1.68. The lowest BCUT2D eigenvalue weighted by atomic mass is 9.96. The Kier molecular flexibility index (Phi) is 2.43. The van der Waals surface area contributed by atoms with Crippen LogP contribution in [0.25, 0.3) is 0 Å². The summed E-state index contributed by atoms with van der Waals surface area (Å²) in [6.45, 7) is 0.899. The summed E-state index contributed by atoms with van der Waals surface area (Å²) < 4.78 is 5.35. The summed E-state index contributed by atoms with van der Waals surface area (Å²) in [6, 6.07) is 0.434. The fraction of sp³-hybridized carbons (Fsp3) is 0.692. The van der Waals surface area contributed by atoms with Crippen molar-refractivity contribution in [3.63, 3.8) is 0 Å². The van der Waals surface area contributed by atoms with Gasteiger partial charge in [-0.25, -0.2) is 0 Å². The molecule has 2 aliphatic heterocycles. The second-order valence-electron chi connectivity index (χ2n) is 5.44. The van der Waals surface area contributed by atoms with Crippen LogP contribution >= 0.6 is 11.8 Å². The number of aromatic nitrogens is 1. The average Bonchev–Trinajstić information content (AvgIpc) is 3.12. The van der Waals surface area contributed by atoms with Crippen LogP contribution in [0.2, 0.25) is 0 Å². The Morgan fingerprint density at radius 3 is 3.06 bits per heavy atom. The summed E-state index contributed by atoms with van der Waals surface area (Å²) in [5.74, 6) is 2.15. The van der Waals surface area contributed by atoms with E-state index < -0.39 is 0 Å². The number of thioether (sulfide) groups is 1. The van der Waals surface area contributed by atoms with Gasteiger partial charge < -0.3 is 9.42 Å². The van der Waals surface area contributed by atoms with Crippen LogP contribution in [0.15, 0.2) is 4.52 Å². The first kappa shape index (κ1) is 10.9. The van der Waals surface area contributed by atoms with Crippen molar-refractivity contribution in [1.29, 1.82) is 0 Å². The molecule has 0 aromatic carbocycles. The van der Waals surface area contributed by atoms with Crippen LogP contribution in [-0.2, 0) is 12.8 Å². The van der Waals surface area contributed by atoms with Gasteiger partial charge in [0, 0.05) is 35.6 Å². The van der Waals surface area contributed by atoms with Crippen LogP contribution < -0.4 is 0 Å². The molecule has 2 atom stereocenters. The molecule has 0 radical (unpaired) electrons. The van der Waals surface area contributed by atoms with E-state index in [0.717, 1.165) is 55.7 Å². The molecule has 2 saturated heterocycles. The molecule has 18 heavy (non-hydrogen) atoms. The number of hydrogen-bond donors (Lipinski definition) is 0. The zero-order valence-electron chi connectivity index (χ0n) is 10.2. The molecule has 5 heteroatoms. The summed E-state index contributed by atoms with van der Waals surface area (Å²) >= 11 is 2.00. The van der Waals surface area contributed by atoms with Gasteiger partial charge in [-0.05, 0) is 25.7 Å². The molecule has 3 heterocycles. The maximum absolute atomic E-state index is 12.6. The lowest BCUT2D eigenvalue weighted by Crippen LogP contribution is -2.39. The van der Waals surface area contributed by atoms with E-state index in [1.807, 2.05) is 16.7 Å². The third-order valence-electron chi connectivity index (χ3n) is 4.31. The number of rotatable bonds is 1. The van der Waals surface area contributed by atoms with E-state index in [-0.39, 0.29) is 5.91 Å². The molecule has 0 N–H and O–H groups in total. The Morgan fingerprint density at radius 1 is 1.39 bits per heavy atom. The number of amides is 1. The van der Waals surface area contributed by atoms with E-state index in [1.54, 1.807) is 0 Å². The van der Waals surface area contributed by atoms with E-state index in [2.05, 4.69) is 5.16 Å². The molecule has 0 saturated carbocycles. The Morgan fingerprint density at radius 2 is 2.28 bits per heavy atom. The van der Waals surface area contributed by atoms with Gasteiger partial charge in [-0.1, -0.05) is 5.16 Å². The van der Waals surface area contributed by atoms with Gasteiger partial charge in [0.25, 0.3) is 5.91 Å². The highest BCUT2D eigenvalue weighted by molar-refractivity contribution is 8.00. The van der Waals surface area contributed by atoms with Gasteiger partial charge in [0.2, 0.25) is 0 Å². The molecule has 0 spiro atoms. The fourth-order valence-electron chi connectivity index (χ4n) is 3.34. The number of nitrogens with zero attached hydrogens (tertiary/aromatic N) is 2.